The van der Waals surface area contributed by atoms with Gasteiger partial charge in [0.15, 0.2) is 5.17 Å². The molecule has 0 amide bonds. The fourth-order valence-electron chi connectivity index (χ4n) is 3.16. The van der Waals surface area contributed by atoms with Crippen LogP contribution in [-0.2, 0) is 20.0 Å². The number of hydrogen-bond acceptors (Lipinski definition) is 6. The van der Waals surface area contributed by atoms with Crippen LogP contribution in [0.1, 0.15) is 19.3 Å². The summed E-state index contributed by atoms with van der Waals surface area (Å²) in [5, 5.41) is 3.21. The van der Waals surface area contributed by atoms with Crippen LogP contribution in [0.3, 0.4) is 0 Å². The normalized spacial score (nSPS) is 19.5. The lowest BCUT2D eigenvalue weighted by molar-refractivity contribution is 0.346. The van der Waals surface area contributed by atoms with Crippen molar-refractivity contribution < 1.29 is 16.8 Å². The van der Waals surface area contributed by atoms with Crippen molar-refractivity contribution >= 4 is 42.7 Å². The summed E-state index contributed by atoms with van der Waals surface area (Å²) in [5.74, 6) is 0. The maximum atomic E-state index is 12.9. The average molecular weight is 438 g/mol. The highest BCUT2D eigenvalue weighted by Gasteiger charge is 2.31. The highest BCUT2D eigenvalue weighted by Crippen LogP contribution is 2.36. The molecule has 28 heavy (non-hydrogen) atoms. The lowest BCUT2D eigenvalue weighted by Crippen LogP contribution is -2.35. The Hall–Kier alpha value is -1.88. The van der Waals surface area contributed by atoms with E-state index in [0.717, 1.165) is 36.7 Å². The molecular weight excluding hydrogens is 418 g/mol. The largest absolute Gasteiger partial charge is 0.334 e. The summed E-state index contributed by atoms with van der Waals surface area (Å²) in [6.07, 6.45) is 2.64. The van der Waals surface area contributed by atoms with Crippen LogP contribution >= 0.6 is 11.8 Å². The zero-order valence-electron chi connectivity index (χ0n) is 14.9. The Balaban J connectivity index is 1.66. The van der Waals surface area contributed by atoms with Crippen molar-refractivity contribution in [2.45, 2.75) is 33.9 Å². The predicted molar refractivity (Wildman–Crippen MR) is 110 cm³/mol. The average Bonchev–Trinajstić information content (AvgIpc) is 2.69. The predicted octanol–water partition coefficient (Wildman–Crippen LogP) is 3.12. The summed E-state index contributed by atoms with van der Waals surface area (Å²) in [6, 6.07) is 13.4. The Labute approximate surface area is 169 Å². The third-order valence-electron chi connectivity index (χ3n) is 4.58. The minimum atomic E-state index is -4.00. The van der Waals surface area contributed by atoms with E-state index in [4.69, 9.17) is 0 Å². The van der Waals surface area contributed by atoms with E-state index < -0.39 is 20.0 Å². The molecule has 0 unspecified atom stereocenters. The molecule has 0 aromatic heterocycles. The molecule has 10 heteroatoms. The maximum absolute atomic E-state index is 12.9. The molecule has 0 radical (unpaired) electrons. The number of fused-ring (bicyclic) bond motifs is 1. The zero-order chi connectivity index (χ0) is 19.8. The van der Waals surface area contributed by atoms with Crippen molar-refractivity contribution in [3.63, 3.8) is 0 Å². The van der Waals surface area contributed by atoms with Crippen LogP contribution in [0.4, 0.5) is 5.69 Å². The Morgan fingerprint density at radius 2 is 1.71 bits per heavy atom. The van der Waals surface area contributed by atoms with Gasteiger partial charge in [-0.25, -0.2) is 8.42 Å². The highest BCUT2D eigenvalue weighted by atomic mass is 32.2. The van der Waals surface area contributed by atoms with Gasteiger partial charge in [0.2, 0.25) is 10.0 Å². The number of piperidine rings is 1. The van der Waals surface area contributed by atoms with Crippen molar-refractivity contribution in [3.8, 4) is 0 Å². The quantitative estimate of drug-likeness (QED) is 0.793. The van der Waals surface area contributed by atoms with Gasteiger partial charge >= 0.3 is 0 Å². The van der Waals surface area contributed by atoms with E-state index in [9.17, 15) is 16.8 Å². The van der Waals surface area contributed by atoms with Gasteiger partial charge in [0.25, 0.3) is 10.0 Å². The third-order valence-corrected chi connectivity index (χ3v) is 9.00. The molecule has 0 saturated carbocycles. The van der Waals surface area contributed by atoms with Gasteiger partial charge in [-0.3, -0.25) is 0 Å². The second-order valence-electron chi connectivity index (χ2n) is 6.54. The zero-order valence-corrected chi connectivity index (χ0v) is 17.4. The molecular formula is C18H19N3O4S3. The van der Waals surface area contributed by atoms with Crippen molar-refractivity contribution in [2.24, 2.45) is 4.40 Å². The van der Waals surface area contributed by atoms with Gasteiger partial charge in [-0.15, -0.1) is 4.40 Å². The smallest absolute Gasteiger partial charge is 0.285 e. The Morgan fingerprint density at radius 1 is 1.00 bits per heavy atom. The topological polar surface area (TPSA) is 95.9 Å². The second-order valence-corrected chi connectivity index (χ2v) is 11.1. The van der Waals surface area contributed by atoms with Gasteiger partial charge in [0, 0.05) is 23.7 Å². The first kappa shape index (κ1) is 19.4. The number of sulfonamides is 2. The summed E-state index contributed by atoms with van der Waals surface area (Å²) in [4.78, 5) is 0.368. The molecule has 7 nitrogen and oxygen atoms in total. The lowest BCUT2D eigenvalue weighted by Gasteiger charge is -2.26. The summed E-state index contributed by atoms with van der Waals surface area (Å²) in [7, 11) is -7.72. The molecule has 2 aromatic carbocycles. The second kappa shape index (κ2) is 7.51. The van der Waals surface area contributed by atoms with Gasteiger partial charge in [0.05, 0.1) is 4.90 Å². The molecule has 0 bridgehead atoms. The van der Waals surface area contributed by atoms with E-state index in [2.05, 4.69) is 9.71 Å². The first-order valence-electron chi connectivity index (χ1n) is 8.85. The molecule has 2 aliphatic rings. The molecule has 1 N–H and O–H groups in total. The number of nitrogens with one attached hydrogen (secondary N) is 1. The molecule has 1 saturated heterocycles. The molecule has 1 fully saturated rings. The summed E-state index contributed by atoms with van der Waals surface area (Å²) >= 11 is 1.16. The van der Waals surface area contributed by atoms with Gasteiger partial charge < -0.3 is 5.32 Å². The van der Waals surface area contributed by atoms with Crippen molar-refractivity contribution in [1.29, 1.82) is 0 Å². The Morgan fingerprint density at radius 3 is 2.43 bits per heavy atom. The van der Waals surface area contributed by atoms with Gasteiger partial charge in [-0.05, 0) is 54.9 Å². The highest BCUT2D eigenvalue weighted by molar-refractivity contribution is 8.15. The van der Waals surface area contributed by atoms with Crippen LogP contribution in [-0.4, -0.2) is 39.4 Å². The van der Waals surface area contributed by atoms with Crippen molar-refractivity contribution in [3.05, 3.63) is 48.5 Å². The lowest BCUT2D eigenvalue weighted by atomic mass is 10.2. The number of para-hydroxylation sites is 1. The minimum Gasteiger partial charge on any atom is -0.334 e. The first-order valence-corrected chi connectivity index (χ1v) is 12.5. The SMILES string of the molecule is O=S1(=O)N=C(Nc2ccccc2)Sc2ccc(S(=O)(=O)N3CCCCC3)cc21. The van der Waals surface area contributed by atoms with E-state index in [1.54, 1.807) is 12.1 Å². The Bertz CT molecular complexity index is 1120. The number of nitrogens with zero attached hydrogens (tertiary/aromatic N) is 2. The van der Waals surface area contributed by atoms with Crippen molar-refractivity contribution in [1.82, 2.24) is 4.31 Å². The number of benzene rings is 2. The van der Waals surface area contributed by atoms with Gasteiger partial charge in [0.1, 0.15) is 4.90 Å². The van der Waals surface area contributed by atoms with Crippen LogP contribution in [0.15, 0.2) is 67.6 Å². The minimum absolute atomic E-state index is 0.00741. The maximum Gasteiger partial charge on any atom is 0.285 e. The molecule has 148 valence electrons. The van der Waals surface area contributed by atoms with E-state index >= 15 is 0 Å². The molecule has 2 aromatic rings. The first-order chi connectivity index (χ1) is 13.4. The van der Waals surface area contributed by atoms with Crippen LogP contribution in [0.25, 0.3) is 0 Å². The number of thioether (sulfide) groups is 1. The summed E-state index contributed by atoms with van der Waals surface area (Å²) < 4.78 is 56.3. The fourth-order valence-corrected chi connectivity index (χ4v) is 7.30. The van der Waals surface area contributed by atoms with E-state index in [1.807, 2.05) is 18.2 Å². The van der Waals surface area contributed by atoms with Gasteiger partial charge in [-0.1, -0.05) is 24.6 Å². The van der Waals surface area contributed by atoms with E-state index in [0.29, 0.717) is 18.0 Å². The van der Waals surface area contributed by atoms with Crippen LogP contribution in [0, 0.1) is 0 Å². The number of rotatable bonds is 3. The van der Waals surface area contributed by atoms with E-state index in [-0.39, 0.29) is 15.0 Å². The van der Waals surface area contributed by atoms with Gasteiger partial charge in [-0.2, -0.15) is 12.7 Å². The number of hydrogen-bond donors (Lipinski definition) is 1. The molecule has 4 rings (SSSR count). The van der Waals surface area contributed by atoms with Crippen LogP contribution < -0.4 is 5.32 Å². The third kappa shape index (κ3) is 3.82. The number of amidine groups is 1. The number of anilines is 1. The summed E-state index contributed by atoms with van der Waals surface area (Å²) in [5.41, 5.74) is 0.719. The molecule has 0 spiro atoms. The summed E-state index contributed by atoms with van der Waals surface area (Å²) in [6.45, 7) is 0.925. The Kier molecular flexibility index (Phi) is 5.21. The van der Waals surface area contributed by atoms with Crippen LogP contribution in [0.5, 0.6) is 0 Å². The molecule has 0 aliphatic carbocycles. The molecule has 2 aliphatic heterocycles. The fraction of sp³-hybridized carbons (Fsp3) is 0.278. The van der Waals surface area contributed by atoms with Crippen molar-refractivity contribution in [2.75, 3.05) is 18.4 Å². The monoisotopic (exact) mass is 437 g/mol. The molecule has 2 heterocycles. The molecule has 0 atom stereocenters. The van der Waals surface area contributed by atoms with E-state index in [1.165, 1.54) is 22.5 Å². The van der Waals surface area contributed by atoms with Crippen LogP contribution in [0.2, 0.25) is 0 Å². The standard InChI is InChI=1S/C18H19N3O4S3/c22-27(23)17-13-15(28(24,25)21-11-5-2-6-12-21)9-10-16(17)26-18(20-27)19-14-7-3-1-4-8-14/h1,3-4,7-10,13H,2,5-6,11-12H2,(H,19,20).